The van der Waals surface area contributed by atoms with Crippen molar-refractivity contribution in [3.05, 3.63) is 66.4 Å². The van der Waals surface area contributed by atoms with E-state index >= 15 is 0 Å². The zero-order valence-electron chi connectivity index (χ0n) is 21.0. The van der Waals surface area contributed by atoms with Gasteiger partial charge in [0.05, 0.1) is 24.2 Å². The molecule has 0 bridgehead atoms. The molecule has 2 unspecified atom stereocenters. The maximum atomic E-state index is 13.9. The van der Waals surface area contributed by atoms with Crippen LogP contribution in [0.2, 0.25) is 0 Å². The molecule has 5 rings (SSSR count). The summed E-state index contributed by atoms with van der Waals surface area (Å²) in [4.78, 5) is 33.2. The lowest BCUT2D eigenvalue weighted by Crippen LogP contribution is -2.67. The largest absolute Gasteiger partial charge is 0.465 e. The van der Waals surface area contributed by atoms with Crippen LogP contribution in [-0.4, -0.2) is 54.2 Å². The Balaban J connectivity index is 1.44. The topological polar surface area (TPSA) is 117 Å². The normalized spacial score (nSPS) is 17.6. The van der Waals surface area contributed by atoms with E-state index in [0.29, 0.717) is 22.6 Å². The second kappa shape index (κ2) is 9.51. The molecule has 2 amide bonds. The fraction of sp³-hybridized carbons (Fsp3) is 0.346. The number of pyridine rings is 1. The Bertz CT molecular complexity index is 1480. The van der Waals surface area contributed by atoms with Crippen molar-refractivity contribution in [2.45, 2.75) is 39.8 Å². The molecule has 0 radical (unpaired) electrons. The van der Waals surface area contributed by atoms with Crippen LogP contribution in [0.4, 0.5) is 19.3 Å². The molecule has 0 aliphatic carbocycles. The van der Waals surface area contributed by atoms with Gasteiger partial charge in [-0.2, -0.15) is 8.78 Å². The summed E-state index contributed by atoms with van der Waals surface area (Å²) in [5.41, 5.74) is 1.75. The van der Waals surface area contributed by atoms with Gasteiger partial charge in [0.2, 0.25) is 11.8 Å². The number of hydrogen-bond acceptors (Lipinski definition) is 6. The van der Waals surface area contributed by atoms with Gasteiger partial charge in [-0.3, -0.25) is 4.79 Å². The monoisotopic (exact) mass is 524 g/mol. The first kappa shape index (κ1) is 25.3. The first-order valence-electron chi connectivity index (χ1n) is 12.0. The number of aromatic nitrogens is 4. The molecule has 1 N–H and O–H groups in total. The predicted octanol–water partition coefficient (Wildman–Crippen LogP) is 4.88. The second-order valence-electron chi connectivity index (χ2n) is 10.3. The van der Waals surface area contributed by atoms with Gasteiger partial charge in [-0.15, -0.1) is 10.2 Å². The number of halogens is 2. The molecule has 1 saturated heterocycles. The van der Waals surface area contributed by atoms with E-state index in [0.717, 1.165) is 0 Å². The van der Waals surface area contributed by atoms with Gasteiger partial charge in [0.15, 0.2) is 0 Å². The van der Waals surface area contributed by atoms with Gasteiger partial charge in [0, 0.05) is 30.2 Å². The molecule has 3 aromatic heterocycles. The van der Waals surface area contributed by atoms with E-state index in [1.54, 1.807) is 33.8 Å². The molecule has 4 aromatic rings. The van der Waals surface area contributed by atoms with Crippen LogP contribution in [0.5, 0.6) is 0 Å². The Kier molecular flexibility index (Phi) is 6.33. The van der Waals surface area contributed by atoms with Crippen molar-refractivity contribution in [3.63, 3.8) is 0 Å². The lowest BCUT2D eigenvalue weighted by Gasteiger charge is -2.52. The van der Waals surface area contributed by atoms with Crippen molar-refractivity contribution in [3.8, 4) is 11.5 Å². The van der Waals surface area contributed by atoms with Crippen LogP contribution < -0.4 is 4.90 Å². The van der Waals surface area contributed by atoms with Crippen LogP contribution in [0.1, 0.15) is 38.8 Å². The van der Waals surface area contributed by atoms with Crippen LogP contribution in [0.3, 0.4) is 0 Å². The fourth-order valence-corrected chi connectivity index (χ4v) is 4.94. The van der Waals surface area contributed by atoms with Gasteiger partial charge < -0.3 is 23.7 Å². The summed E-state index contributed by atoms with van der Waals surface area (Å²) in [7, 11) is 0. The molecule has 0 spiro atoms. The number of hydrogen-bond donors (Lipinski definition) is 1. The zero-order chi connectivity index (χ0) is 27.2. The van der Waals surface area contributed by atoms with Gasteiger partial charge in [-0.1, -0.05) is 39.0 Å². The third-order valence-electron chi connectivity index (χ3n) is 6.60. The molecule has 1 fully saturated rings. The van der Waals surface area contributed by atoms with E-state index in [1.165, 1.54) is 4.90 Å². The minimum absolute atomic E-state index is 0.0466. The lowest BCUT2D eigenvalue weighted by atomic mass is 9.71. The number of fused-ring (bicyclic) bond motifs is 1. The zero-order valence-corrected chi connectivity index (χ0v) is 21.0. The second-order valence-corrected chi connectivity index (χ2v) is 10.3. The number of para-hydroxylation sites is 1. The van der Waals surface area contributed by atoms with Gasteiger partial charge in [0.1, 0.15) is 5.65 Å². The highest BCUT2D eigenvalue weighted by molar-refractivity contribution is 5.97. The van der Waals surface area contributed by atoms with Crippen LogP contribution in [0.15, 0.2) is 59.3 Å². The Hall–Kier alpha value is -4.35. The van der Waals surface area contributed by atoms with Crippen molar-refractivity contribution in [2.24, 2.45) is 11.3 Å². The molecule has 4 heterocycles. The van der Waals surface area contributed by atoms with Crippen LogP contribution >= 0.6 is 0 Å². The Morgan fingerprint density at radius 2 is 1.92 bits per heavy atom. The Morgan fingerprint density at radius 1 is 1.18 bits per heavy atom. The maximum absolute atomic E-state index is 13.9. The summed E-state index contributed by atoms with van der Waals surface area (Å²) in [5, 5.41) is 16.6. The van der Waals surface area contributed by atoms with E-state index in [1.807, 2.05) is 51.1 Å². The van der Waals surface area contributed by atoms with Gasteiger partial charge in [0.25, 0.3) is 5.89 Å². The molecule has 1 aromatic carbocycles. The number of imidazole rings is 1. The summed E-state index contributed by atoms with van der Waals surface area (Å²) in [5.74, 6) is -1.49. The van der Waals surface area contributed by atoms with Crippen molar-refractivity contribution < 1.29 is 27.9 Å². The average Bonchev–Trinajstić information content (AvgIpc) is 3.47. The summed E-state index contributed by atoms with van der Waals surface area (Å²) in [6.07, 6.45) is -0.449. The highest BCUT2D eigenvalue weighted by Crippen LogP contribution is 2.40. The van der Waals surface area contributed by atoms with Crippen molar-refractivity contribution in [2.75, 3.05) is 11.4 Å². The fourth-order valence-electron chi connectivity index (χ4n) is 4.94. The molecular weight excluding hydrogens is 498 g/mol. The van der Waals surface area contributed by atoms with E-state index in [9.17, 15) is 23.5 Å². The first-order chi connectivity index (χ1) is 18.0. The highest BCUT2D eigenvalue weighted by Gasteiger charge is 2.52. The molecule has 1 aliphatic rings. The number of anilines is 1. The number of nitrogens with zero attached hydrogens (tertiary/aromatic N) is 6. The number of carbonyl (C=O) groups excluding carboxylic acids is 1. The minimum Gasteiger partial charge on any atom is -0.465 e. The standard InChI is InChI=1S/C26H26F2N6O4/c1-26(2,3)20-18(14-34(20)25(36)37)24(35)33(17-7-5-4-6-8-17)13-16-12-32-10-9-15(11-19(32)29-16)22-30-31-23(38-22)21(27)28/h4-12,18,20-21H,13-14H2,1-3H3,(H,36,37). The summed E-state index contributed by atoms with van der Waals surface area (Å²) >= 11 is 0. The number of benzene rings is 1. The Morgan fingerprint density at radius 3 is 2.55 bits per heavy atom. The molecule has 10 nitrogen and oxygen atoms in total. The minimum atomic E-state index is -2.87. The van der Waals surface area contributed by atoms with Crippen LogP contribution in [-0.2, 0) is 11.3 Å². The summed E-state index contributed by atoms with van der Waals surface area (Å²) in [6.45, 7) is 6.04. The molecule has 1 aliphatic heterocycles. The smallest absolute Gasteiger partial charge is 0.407 e. The van der Waals surface area contributed by atoms with E-state index < -0.39 is 35.8 Å². The SMILES string of the molecule is CC(C)(C)C1C(C(=O)N(Cc2cn3ccc(-c4nnc(C(F)F)o4)cc3n2)c2ccccc2)CN1C(=O)O. The third-order valence-corrected chi connectivity index (χ3v) is 6.60. The molecule has 0 saturated carbocycles. The number of amides is 2. The van der Waals surface area contributed by atoms with Gasteiger partial charge >= 0.3 is 12.5 Å². The van der Waals surface area contributed by atoms with Gasteiger partial charge in [-0.25, -0.2) is 9.78 Å². The number of carboxylic acid groups (broad SMARTS) is 1. The molecule has 198 valence electrons. The number of carbonyl (C=O) groups is 2. The number of alkyl halides is 2. The van der Waals surface area contributed by atoms with Crippen molar-refractivity contribution in [1.82, 2.24) is 24.5 Å². The molecule has 12 heteroatoms. The van der Waals surface area contributed by atoms with E-state index in [2.05, 4.69) is 15.2 Å². The van der Waals surface area contributed by atoms with Crippen molar-refractivity contribution in [1.29, 1.82) is 0 Å². The van der Waals surface area contributed by atoms with Gasteiger partial charge in [-0.05, 0) is 29.7 Å². The number of likely N-dealkylation sites (tertiary alicyclic amines) is 1. The number of rotatable bonds is 6. The highest BCUT2D eigenvalue weighted by atomic mass is 19.3. The summed E-state index contributed by atoms with van der Waals surface area (Å²) in [6, 6.07) is 12.0. The molecule has 2 atom stereocenters. The van der Waals surface area contributed by atoms with E-state index in [4.69, 9.17) is 4.42 Å². The lowest BCUT2D eigenvalue weighted by molar-refractivity contribution is -0.135. The maximum Gasteiger partial charge on any atom is 0.407 e. The average molecular weight is 525 g/mol. The quantitative estimate of drug-likeness (QED) is 0.382. The van der Waals surface area contributed by atoms with E-state index in [-0.39, 0.29) is 24.9 Å². The third kappa shape index (κ3) is 4.69. The summed E-state index contributed by atoms with van der Waals surface area (Å²) < 4.78 is 32.5. The van der Waals surface area contributed by atoms with Crippen LogP contribution in [0, 0.1) is 11.3 Å². The van der Waals surface area contributed by atoms with Crippen molar-refractivity contribution >= 4 is 23.3 Å². The molecular formula is C26H26F2N6O4. The molecule has 38 heavy (non-hydrogen) atoms. The predicted molar refractivity (Wildman–Crippen MR) is 133 cm³/mol. The van der Waals surface area contributed by atoms with Crippen LogP contribution in [0.25, 0.3) is 17.1 Å². The first-order valence-corrected chi connectivity index (χ1v) is 12.0. The Labute approximate surface area is 216 Å².